The minimum atomic E-state index is -0.555. The smallest absolute Gasteiger partial charge is 0.276 e. The highest BCUT2D eigenvalue weighted by atomic mass is 35.5. The number of rotatable bonds is 7. The number of nitrogens with one attached hydrogen (secondary N) is 5. The number of benzene rings is 2. The molecule has 9 nitrogen and oxygen atoms in total. The standard InChI is InChI=1S/C23H22ClFN6O3.ClH/c24-18-10-13(25)3-8-17(18)21(32)30-14-4-6-15(7-5-14)31-23(34)20-19(28-12-29-20)22(33)27-11-16-2-1-9-26-16;/h3-8,10,12,16,26H,1-2,9,11H2,(H,27,33)(H,28,29)(H,30,32)(H,31,34);1H. The van der Waals surface area contributed by atoms with Gasteiger partial charge >= 0.3 is 0 Å². The molecule has 1 unspecified atom stereocenters. The normalized spacial score (nSPS) is 14.6. The molecule has 184 valence electrons. The lowest BCUT2D eigenvalue weighted by Crippen LogP contribution is -2.37. The summed E-state index contributed by atoms with van der Waals surface area (Å²) in [4.78, 5) is 44.2. The van der Waals surface area contributed by atoms with Crippen LogP contribution in [0.15, 0.2) is 48.8 Å². The Morgan fingerprint density at radius 1 is 1.03 bits per heavy atom. The molecule has 1 aliphatic heterocycles. The molecule has 0 saturated carbocycles. The molecular formula is C23H23Cl2FN6O3. The lowest BCUT2D eigenvalue weighted by Gasteiger charge is -2.11. The second-order valence-electron chi connectivity index (χ2n) is 7.74. The summed E-state index contributed by atoms with van der Waals surface area (Å²) in [5, 5.41) is 11.4. The van der Waals surface area contributed by atoms with E-state index in [1.54, 1.807) is 24.3 Å². The third kappa shape index (κ3) is 6.56. The zero-order valence-electron chi connectivity index (χ0n) is 18.4. The van der Waals surface area contributed by atoms with Gasteiger partial charge in [0.05, 0.1) is 16.9 Å². The van der Waals surface area contributed by atoms with Gasteiger partial charge in [-0.25, -0.2) is 9.37 Å². The number of imidazole rings is 1. The molecule has 1 saturated heterocycles. The molecule has 3 aromatic rings. The van der Waals surface area contributed by atoms with Crippen molar-refractivity contribution >= 4 is 53.1 Å². The molecule has 1 aliphatic rings. The van der Waals surface area contributed by atoms with E-state index in [-0.39, 0.29) is 40.4 Å². The van der Waals surface area contributed by atoms with E-state index in [1.807, 2.05) is 0 Å². The Morgan fingerprint density at radius 2 is 1.71 bits per heavy atom. The minimum absolute atomic E-state index is 0. The number of carbonyl (C=O) groups is 3. The van der Waals surface area contributed by atoms with Crippen LogP contribution in [0.3, 0.4) is 0 Å². The van der Waals surface area contributed by atoms with Crippen molar-refractivity contribution in [3.63, 3.8) is 0 Å². The van der Waals surface area contributed by atoms with Crippen LogP contribution >= 0.6 is 24.0 Å². The molecule has 1 atom stereocenters. The van der Waals surface area contributed by atoms with Gasteiger partial charge in [-0.05, 0) is 61.9 Å². The van der Waals surface area contributed by atoms with Gasteiger partial charge < -0.3 is 26.3 Å². The fraction of sp³-hybridized carbons (Fsp3) is 0.217. The molecule has 0 bridgehead atoms. The SMILES string of the molecule is Cl.O=C(Nc1ccc(NC(=O)c2nc[nH]c2C(=O)NCC2CCCN2)cc1)c1ccc(F)cc1Cl. The quantitative estimate of drug-likeness (QED) is 0.325. The van der Waals surface area contributed by atoms with E-state index < -0.39 is 23.5 Å². The Bertz CT molecular complexity index is 1210. The first kappa shape index (κ1) is 26.1. The van der Waals surface area contributed by atoms with Crippen LogP contribution < -0.4 is 21.3 Å². The molecule has 12 heteroatoms. The topological polar surface area (TPSA) is 128 Å². The number of amides is 3. The highest BCUT2D eigenvalue weighted by molar-refractivity contribution is 6.34. The van der Waals surface area contributed by atoms with Crippen LogP contribution in [0.2, 0.25) is 5.02 Å². The first-order valence-electron chi connectivity index (χ1n) is 10.6. The molecule has 3 amide bonds. The van der Waals surface area contributed by atoms with Crippen molar-refractivity contribution in [3.8, 4) is 0 Å². The van der Waals surface area contributed by atoms with Crippen LogP contribution in [0.4, 0.5) is 15.8 Å². The third-order valence-corrected chi connectivity index (χ3v) is 5.64. The Kier molecular flexibility index (Phi) is 8.80. The summed E-state index contributed by atoms with van der Waals surface area (Å²) < 4.78 is 13.2. The van der Waals surface area contributed by atoms with Crippen molar-refractivity contribution in [1.29, 1.82) is 0 Å². The molecule has 2 aromatic carbocycles. The monoisotopic (exact) mass is 520 g/mol. The predicted molar refractivity (Wildman–Crippen MR) is 133 cm³/mol. The van der Waals surface area contributed by atoms with Gasteiger partial charge in [0.15, 0.2) is 5.69 Å². The van der Waals surface area contributed by atoms with E-state index in [0.29, 0.717) is 17.9 Å². The van der Waals surface area contributed by atoms with Crippen molar-refractivity contribution in [3.05, 3.63) is 76.6 Å². The second kappa shape index (κ2) is 11.8. The number of hydrogen-bond donors (Lipinski definition) is 5. The molecule has 4 rings (SSSR count). The minimum Gasteiger partial charge on any atom is -0.349 e. The molecule has 0 aliphatic carbocycles. The maximum absolute atomic E-state index is 13.2. The Morgan fingerprint density at radius 3 is 2.34 bits per heavy atom. The van der Waals surface area contributed by atoms with Crippen molar-refractivity contribution in [2.24, 2.45) is 0 Å². The summed E-state index contributed by atoms with van der Waals surface area (Å²) in [6.45, 7) is 1.40. The molecule has 1 fully saturated rings. The van der Waals surface area contributed by atoms with E-state index in [0.717, 1.165) is 31.5 Å². The molecule has 0 radical (unpaired) electrons. The number of halogens is 3. The van der Waals surface area contributed by atoms with Crippen molar-refractivity contribution < 1.29 is 18.8 Å². The van der Waals surface area contributed by atoms with Gasteiger partial charge in [-0.15, -0.1) is 12.4 Å². The highest BCUT2D eigenvalue weighted by Crippen LogP contribution is 2.20. The molecule has 0 spiro atoms. The largest absolute Gasteiger partial charge is 0.349 e. The zero-order valence-corrected chi connectivity index (χ0v) is 19.9. The number of carbonyl (C=O) groups excluding carboxylic acids is 3. The Labute approximate surface area is 211 Å². The number of nitrogens with zero attached hydrogens (tertiary/aromatic N) is 1. The number of aromatic amines is 1. The van der Waals surface area contributed by atoms with Gasteiger partial charge in [0.25, 0.3) is 17.7 Å². The molecule has 1 aromatic heterocycles. The average molecular weight is 521 g/mol. The van der Waals surface area contributed by atoms with E-state index in [9.17, 15) is 18.8 Å². The zero-order chi connectivity index (χ0) is 24.1. The number of hydrogen-bond acceptors (Lipinski definition) is 5. The van der Waals surface area contributed by atoms with Gasteiger partial charge in [0.1, 0.15) is 11.5 Å². The Balaban J connectivity index is 0.00000342. The lowest BCUT2D eigenvalue weighted by atomic mass is 10.2. The van der Waals surface area contributed by atoms with Crippen LogP contribution in [-0.2, 0) is 0 Å². The van der Waals surface area contributed by atoms with Gasteiger partial charge in [0, 0.05) is 24.0 Å². The van der Waals surface area contributed by atoms with Crippen molar-refractivity contribution in [1.82, 2.24) is 20.6 Å². The second-order valence-corrected chi connectivity index (χ2v) is 8.15. The van der Waals surface area contributed by atoms with Crippen molar-refractivity contribution in [2.45, 2.75) is 18.9 Å². The van der Waals surface area contributed by atoms with Crippen LogP contribution in [0.25, 0.3) is 0 Å². The van der Waals surface area contributed by atoms with Crippen molar-refractivity contribution in [2.75, 3.05) is 23.7 Å². The summed E-state index contributed by atoms with van der Waals surface area (Å²) in [5.74, 6) is -2.00. The number of aromatic nitrogens is 2. The van der Waals surface area contributed by atoms with Crippen LogP contribution in [0.5, 0.6) is 0 Å². The lowest BCUT2D eigenvalue weighted by molar-refractivity contribution is 0.0932. The highest BCUT2D eigenvalue weighted by Gasteiger charge is 2.22. The van der Waals surface area contributed by atoms with E-state index in [4.69, 9.17) is 11.6 Å². The summed E-state index contributed by atoms with van der Waals surface area (Å²) in [7, 11) is 0. The van der Waals surface area contributed by atoms with Gasteiger partial charge in [-0.2, -0.15) is 0 Å². The van der Waals surface area contributed by atoms with E-state index >= 15 is 0 Å². The average Bonchev–Trinajstić information content (AvgIpc) is 3.51. The first-order chi connectivity index (χ1) is 16.4. The predicted octanol–water partition coefficient (Wildman–Crippen LogP) is 3.61. The molecule has 35 heavy (non-hydrogen) atoms. The van der Waals surface area contributed by atoms with Crippen LogP contribution in [0.1, 0.15) is 44.2 Å². The first-order valence-corrected chi connectivity index (χ1v) is 11.0. The van der Waals surface area contributed by atoms with E-state index in [2.05, 4.69) is 31.2 Å². The fourth-order valence-corrected chi connectivity index (χ4v) is 3.83. The molecular weight excluding hydrogens is 498 g/mol. The van der Waals surface area contributed by atoms with Gasteiger partial charge in [-0.1, -0.05) is 11.6 Å². The summed E-state index contributed by atoms with van der Waals surface area (Å²) >= 11 is 5.92. The Hall–Kier alpha value is -3.47. The number of anilines is 2. The van der Waals surface area contributed by atoms with Gasteiger partial charge in [0.2, 0.25) is 0 Å². The van der Waals surface area contributed by atoms with E-state index in [1.165, 1.54) is 12.4 Å². The van der Waals surface area contributed by atoms with Crippen LogP contribution in [-0.4, -0.2) is 46.8 Å². The summed E-state index contributed by atoms with van der Waals surface area (Å²) in [6.07, 6.45) is 3.35. The number of H-pyrrole nitrogens is 1. The molecule has 5 N–H and O–H groups in total. The fourth-order valence-electron chi connectivity index (χ4n) is 3.57. The maximum Gasteiger partial charge on any atom is 0.276 e. The third-order valence-electron chi connectivity index (χ3n) is 5.33. The summed E-state index contributed by atoms with van der Waals surface area (Å²) in [6, 6.07) is 10.1. The maximum atomic E-state index is 13.2. The van der Waals surface area contributed by atoms with Crippen LogP contribution in [0, 0.1) is 5.82 Å². The molecule has 2 heterocycles. The van der Waals surface area contributed by atoms with Gasteiger partial charge in [-0.3, -0.25) is 14.4 Å². The summed E-state index contributed by atoms with van der Waals surface area (Å²) in [5.41, 5.74) is 1.07.